The number of hydrogen-bond acceptors (Lipinski definition) is 4. The molecule has 1 aromatic carbocycles. The molecule has 126 valence electrons. The molecule has 1 amide bonds. The fourth-order valence-corrected chi connectivity index (χ4v) is 3.48. The summed E-state index contributed by atoms with van der Waals surface area (Å²) in [5.41, 5.74) is 1.55. The summed E-state index contributed by atoms with van der Waals surface area (Å²) in [6.07, 6.45) is 4.30. The minimum atomic E-state index is -0.359. The molecule has 1 saturated heterocycles. The highest BCUT2D eigenvalue weighted by molar-refractivity contribution is 5.96. The molecule has 0 unspecified atom stereocenters. The maximum atomic E-state index is 12.5. The maximum absolute atomic E-state index is 12.5. The number of rotatable bonds is 4. The van der Waals surface area contributed by atoms with Crippen LogP contribution in [0.5, 0.6) is 0 Å². The van der Waals surface area contributed by atoms with E-state index in [1.807, 2.05) is 6.07 Å². The summed E-state index contributed by atoms with van der Waals surface area (Å²) >= 11 is 0. The molecular weight excluding hydrogens is 318 g/mol. The van der Waals surface area contributed by atoms with E-state index in [0.717, 1.165) is 38.0 Å². The number of carbonyl (C=O) groups excluding carboxylic acids is 1. The standard InChI is InChI=1S/C16H21N3O3.ClH/c20-16(5-4-12-6-9-17-10-7-12)18-11-8-13-14(18)2-1-3-15(13)19(21)22;/h1-3,12,17H,4-11H2;1H. The molecule has 0 aromatic heterocycles. The third-order valence-electron chi connectivity index (χ3n) is 4.73. The van der Waals surface area contributed by atoms with Crippen LogP contribution in [-0.2, 0) is 11.2 Å². The number of hydrogen-bond donors (Lipinski definition) is 1. The molecule has 0 bridgehead atoms. The molecule has 2 aliphatic heterocycles. The zero-order valence-electron chi connectivity index (χ0n) is 13.0. The maximum Gasteiger partial charge on any atom is 0.274 e. The number of halogens is 1. The fraction of sp³-hybridized carbons (Fsp3) is 0.562. The Kier molecular flexibility index (Phi) is 5.96. The summed E-state index contributed by atoms with van der Waals surface area (Å²) in [4.78, 5) is 24.9. The van der Waals surface area contributed by atoms with Crippen molar-refractivity contribution in [3.63, 3.8) is 0 Å². The Morgan fingerprint density at radius 2 is 2.09 bits per heavy atom. The predicted molar refractivity (Wildman–Crippen MR) is 91.2 cm³/mol. The summed E-state index contributed by atoms with van der Waals surface area (Å²) < 4.78 is 0. The molecular formula is C16H22ClN3O3. The normalized spacial score (nSPS) is 17.5. The van der Waals surface area contributed by atoms with Gasteiger partial charge >= 0.3 is 0 Å². The number of nitro benzene ring substituents is 1. The van der Waals surface area contributed by atoms with Crippen LogP contribution in [0.1, 0.15) is 31.2 Å². The number of nitrogens with zero attached hydrogens (tertiary/aromatic N) is 2. The topological polar surface area (TPSA) is 75.5 Å². The number of piperidine rings is 1. The van der Waals surface area contributed by atoms with Gasteiger partial charge in [0.25, 0.3) is 5.69 Å². The van der Waals surface area contributed by atoms with Crippen molar-refractivity contribution >= 4 is 29.7 Å². The van der Waals surface area contributed by atoms with E-state index < -0.39 is 0 Å². The van der Waals surface area contributed by atoms with Gasteiger partial charge in [-0.15, -0.1) is 12.4 Å². The van der Waals surface area contributed by atoms with E-state index in [1.54, 1.807) is 11.0 Å². The Balaban J connectivity index is 0.00000192. The molecule has 0 radical (unpaired) electrons. The number of carbonyl (C=O) groups is 1. The van der Waals surface area contributed by atoms with Gasteiger partial charge in [-0.05, 0) is 50.8 Å². The van der Waals surface area contributed by atoms with E-state index in [-0.39, 0.29) is 28.9 Å². The van der Waals surface area contributed by atoms with Crippen LogP contribution in [0.3, 0.4) is 0 Å². The van der Waals surface area contributed by atoms with Crippen LogP contribution in [0.25, 0.3) is 0 Å². The average molecular weight is 340 g/mol. The lowest BCUT2D eigenvalue weighted by Crippen LogP contribution is -2.31. The van der Waals surface area contributed by atoms with Crippen molar-refractivity contribution in [2.75, 3.05) is 24.5 Å². The molecule has 0 spiro atoms. The van der Waals surface area contributed by atoms with E-state index in [9.17, 15) is 14.9 Å². The van der Waals surface area contributed by atoms with Crippen molar-refractivity contribution in [2.45, 2.75) is 32.1 Å². The Labute approximate surface area is 141 Å². The van der Waals surface area contributed by atoms with Gasteiger partial charge in [-0.25, -0.2) is 0 Å². The van der Waals surface area contributed by atoms with Crippen molar-refractivity contribution in [1.82, 2.24) is 5.32 Å². The summed E-state index contributed by atoms with van der Waals surface area (Å²) in [7, 11) is 0. The second-order valence-electron chi connectivity index (χ2n) is 6.06. The van der Waals surface area contributed by atoms with E-state index >= 15 is 0 Å². The van der Waals surface area contributed by atoms with Gasteiger partial charge in [0.1, 0.15) is 0 Å². The van der Waals surface area contributed by atoms with Gasteiger partial charge in [0, 0.05) is 19.0 Å². The summed E-state index contributed by atoms with van der Waals surface area (Å²) in [5.74, 6) is 0.718. The predicted octanol–water partition coefficient (Wildman–Crippen LogP) is 2.69. The molecule has 1 aromatic rings. The number of amides is 1. The van der Waals surface area contributed by atoms with Crippen molar-refractivity contribution in [3.8, 4) is 0 Å². The second-order valence-corrected chi connectivity index (χ2v) is 6.06. The summed E-state index contributed by atoms with van der Waals surface area (Å²) in [5, 5.41) is 14.4. The first-order valence-corrected chi connectivity index (χ1v) is 7.94. The lowest BCUT2D eigenvalue weighted by Gasteiger charge is -2.23. The van der Waals surface area contributed by atoms with E-state index in [4.69, 9.17) is 0 Å². The number of fused-ring (bicyclic) bond motifs is 1. The van der Waals surface area contributed by atoms with Crippen LogP contribution in [0.2, 0.25) is 0 Å². The molecule has 3 rings (SSSR count). The van der Waals surface area contributed by atoms with Crippen LogP contribution in [0.15, 0.2) is 18.2 Å². The quantitative estimate of drug-likeness (QED) is 0.676. The summed E-state index contributed by atoms with van der Waals surface area (Å²) in [6.45, 7) is 2.64. The number of anilines is 1. The fourth-order valence-electron chi connectivity index (χ4n) is 3.48. The molecule has 2 heterocycles. The highest BCUT2D eigenvalue weighted by Gasteiger charge is 2.30. The van der Waals surface area contributed by atoms with Gasteiger partial charge in [0.15, 0.2) is 0 Å². The summed E-state index contributed by atoms with van der Waals surface area (Å²) in [6, 6.07) is 5.00. The number of nitro groups is 1. The number of benzene rings is 1. The number of nitrogens with one attached hydrogen (secondary N) is 1. The molecule has 23 heavy (non-hydrogen) atoms. The minimum absolute atomic E-state index is 0. The molecule has 2 aliphatic rings. The van der Waals surface area contributed by atoms with Gasteiger partial charge in [-0.3, -0.25) is 14.9 Å². The SMILES string of the molecule is Cl.O=C(CCC1CCNCC1)N1CCc2c1cccc2[N+](=O)[O-]. The van der Waals surface area contributed by atoms with E-state index in [1.165, 1.54) is 6.07 Å². The van der Waals surface area contributed by atoms with Gasteiger partial charge in [-0.2, -0.15) is 0 Å². The molecule has 0 aliphatic carbocycles. The van der Waals surface area contributed by atoms with Crippen molar-refractivity contribution in [1.29, 1.82) is 0 Å². The van der Waals surface area contributed by atoms with Gasteiger partial charge < -0.3 is 10.2 Å². The van der Waals surface area contributed by atoms with Crippen LogP contribution in [-0.4, -0.2) is 30.5 Å². The van der Waals surface area contributed by atoms with Gasteiger partial charge in [0.05, 0.1) is 16.2 Å². The van der Waals surface area contributed by atoms with Crippen LogP contribution in [0.4, 0.5) is 11.4 Å². The second kappa shape index (κ2) is 7.75. The third kappa shape index (κ3) is 3.82. The first-order valence-electron chi connectivity index (χ1n) is 7.94. The monoisotopic (exact) mass is 339 g/mol. The molecule has 6 nitrogen and oxygen atoms in total. The lowest BCUT2D eigenvalue weighted by atomic mass is 9.93. The Morgan fingerprint density at radius 3 is 2.78 bits per heavy atom. The van der Waals surface area contributed by atoms with Crippen molar-refractivity contribution < 1.29 is 9.72 Å². The van der Waals surface area contributed by atoms with E-state index in [0.29, 0.717) is 30.9 Å². The lowest BCUT2D eigenvalue weighted by molar-refractivity contribution is -0.385. The average Bonchev–Trinajstić information content (AvgIpc) is 2.97. The highest BCUT2D eigenvalue weighted by atomic mass is 35.5. The zero-order valence-corrected chi connectivity index (χ0v) is 13.8. The Hall–Kier alpha value is -1.66. The first kappa shape index (κ1) is 17.7. The third-order valence-corrected chi connectivity index (χ3v) is 4.73. The molecule has 0 atom stereocenters. The van der Waals surface area contributed by atoms with Gasteiger partial charge in [-0.1, -0.05) is 6.07 Å². The van der Waals surface area contributed by atoms with Gasteiger partial charge in [0.2, 0.25) is 5.91 Å². The van der Waals surface area contributed by atoms with Crippen LogP contribution >= 0.6 is 12.4 Å². The largest absolute Gasteiger partial charge is 0.317 e. The molecule has 1 fully saturated rings. The van der Waals surface area contributed by atoms with Crippen molar-refractivity contribution in [3.05, 3.63) is 33.9 Å². The molecule has 0 saturated carbocycles. The molecule has 1 N–H and O–H groups in total. The molecule has 7 heteroatoms. The zero-order chi connectivity index (χ0) is 15.5. The van der Waals surface area contributed by atoms with Crippen LogP contribution in [0, 0.1) is 16.0 Å². The van der Waals surface area contributed by atoms with Crippen molar-refractivity contribution in [2.24, 2.45) is 5.92 Å². The van der Waals surface area contributed by atoms with E-state index in [2.05, 4.69) is 5.32 Å². The minimum Gasteiger partial charge on any atom is -0.317 e. The van der Waals surface area contributed by atoms with Crippen LogP contribution < -0.4 is 10.2 Å². The first-order chi connectivity index (χ1) is 10.7. The highest BCUT2D eigenvalue weighted by Crippen LogP contribution is 2.35. The Morgan fingerprint density at radius 1 is 1.35 bits per heavy atom. The Bertz CT molecular complexity index is 588. The smallest absolute Gasteiger partial charge is 0.274 e.